The topological polar surface area (TPSA) is 12.0 Å². The molecule has 0 aliphatic heterocycles. The van der Waals surface area contributed by atoms with Gasteiger partial charge >= 0.3 is 0 Å². The monoisotopic (exact) mass is 143 g/mol. The maximum absolute atomic E-state index is 3.39. The summed E-state index contributed by atoms with van der Waals surface area (Å²) in [6, 6.07) is 0. The van der Waals surface area contributed by atoms with Gasteiger partial charge in [0.25, 0.3) is 0 Å². The molecule has 62 valence electrons. The number of rotatable bonds is 6. The van der Waals surface area contributed by atoms with Gasteiger partial charge in [-0.15, -0.1) is 0 Å². The largest absolute Gasteiger partial charge is 0.317 e. The van der Waals surface area contributed by atoms with E-state index in [0.717, 1.165) is 0 Å². The third-order valence-corrected chi connectivity index (χ3v) is 1.41. The second kappa shape index (κ2) is 11.8. The van der Waals surface area contributed by atoms with Crippen molar-refractivity contribution in [2.24, 2.45) is 0 Å². The van der Waals surface area contributed by atoms with Gasteiger partial charge in [0.2, 0.25) is 0 Å². The molecule has 0 aromatic carbocycles. The Labute approximate surface area is 67.2 Å². The van der Waals surface area contributed by atoms with Crippen LogP contribution < -0.4 is 5.32 Å². The van der Waals surface area contributed by atoms with E-state index in [0.29, 0.717) is 0 Å². The zero-order valence-electron chi connectivity index (χ0n) is 6.74. The molecule has 0 aliphatic rings. The van der Waals surface area contributed by atoms with Crippen molar-refractivity contribution in [1.82, 2.24) is 5.32 Å². The van der Waals surface area contributed by atoms with Gasteiger partial charge in [-0.1, -0.05) is 26.7 Å². The van der Waals surface area contributed by atoms with Crippen LogP contribution in [-0.4, -0.2) is 21.5 Å². The van der Waals surface area contributed by atoms with E-state index >= 15 is 0 Å². The molecule has 0 saturated carbocycles. The Morgan fingerprint density at radius 3 is 1.60 bits per heavy atom. The number of unbranched alkanes of at least 4 members (excludes halogenated alkanes) is 2. The predicted molar refractivity (Wildman–Crippen MR) is 52.6 cm³/mol. The van der Waals surface area contributed by atoms with E-state index in [4.69, 9.17) is 0 Å². The van der Waals surface area contributed by atoms with Crippen LogP contribution in [0.3, 0.4) is 0 Å². The van der Waals surface area contributed by atoms with E-state index in [1.54, 1.807) is 0 Å². The summed E-state index contributed by atoms with van der Waals surface area (Å²) < 4.78 is 0. The minimum absolute atomic E-state index is 0. The molecule has 0 amide bonds. The second-order valence-electron chi connectivity index (χ2n) is 2.46. The first-order valence-corrected chi connectivity index (χ1v) is 4.12. The van der Waals surface area contributed by atoms with Crippen LogP contribution >= 0.6 is 0 Å². The summed E-state index contributed by atoms with van der Waals surface area (Å²) in [6.45, 7) is 6.86. The molecule has 2 heteroatoms. The molecular formula is C8H22BN. The maximum Gasteiger partial charge on any atom is 0.0814 e. The molecule has 0 bridgehead atoms. The molecule has 0 saturated heterocycles. The number of hydrogen-bond acceptors (Lipinski definition) is 1. The van der Waals surface area contributed by atoms with E-state index in [9.17, 15) is 0 Å². The van der Waals surface area contributed by atoms with Crippen molar-refractivity contribution in [2.75, 3.05) is 13.1 Å². The Hall–Kier alpha value is 0.0249. The van der Waals surface area contributed by atoms with Gasteiger partial charge in [0.1, 0.15) is 0 Å². The van der Waals surface area contributed by atoms with Crippen molar-refractivity contribution in [3.05, 3.63) is 0 Å². The van der Waals surface area contributed by atoms with Crippen molar-refractivity contribution in [3.63, 3.8) is 0 Å². The van der Waals surface area contributed by atoms with Gasteiger partial charge in [-0.2, -0.15) is 0 Å². The van der Waals surface area contributed by atoms with Gasteiger partial charge in [-0.25, -0.2) is 0 Å². The zero-order valence-corrected chi connectivity index (χ0v) is 6.74. The molecular weight excluding hydrogens is 121 g/mol. The highest BCUT2D eigenvalue weighted by Crippen LogP contribution is 1.85. The lowest BCUT2D eigenvalue weighted by Gasteiger charge is -1.99. The lowest BCUT2D eigenvalue weighted by atomic mass is 10.3. The van der Waals surface area contributed by atoms with Crippen LogP contribution in [0.4, 0.5) is 0 Å². The van der Waals surface area contributed by atoms with Gasteiger partial charge in [0.15, 0.2) is 0 Å². The Bertz CT molecular complexity index is 42.5. The normalized spacial score (nSPS) is 9.00. The predicted octanol–water partition coefficient (Wildman–Crippen LogP) is 0.992. The smallest absolute Gasteiger partial charge is 0.0814 e. The third-order valence-electron chi connectivity index (χ3n) is 1.41. The van der Waals surface area contributed by atoms with Crippen LogP contribution in [0.5, 0.6) is 0 Å². The lowest BCUT2D eigenvalue weighted by Crippen LogP contribution is -2.15. The number of nitrogens with one attached hydrogen (secondary N) is 1. The molecule has 0 rings (SSSR count). The van der Waals surface area contributed by atoms with Crippen molar-refractivity contribution < 1.29 is 0 Å². The van der Waals surface area contributed by atoms with Crippen molar-refractivity contribution in [3.8, 4) is 0 Å². The molecule has 0 fully saturated rings. The molecule has 1 N–H and O–H groups in total. The average Bonchev–Trinajstić information content (AvgIpc) is 1.89. The van der Waals surface area contributed by atoms with E-state index < -0.39 is 0 Å². The van der Waals surface area contributed by atoms with Gasteiger partial charge in [0.05, 0.1) is 8.41 Å². The standard InChI is InChI=1S/C8H19N.BH3/c1-3-5-7-9-8-6-4-2;/h9H,3-8H2,1-2H3;1H3. The first kappa shape index (κ1) is 12.7. The van der Waals surface area contributed by atoms with Crippen LogP contribution in [0.15, 0.2) is 0 Å². The summed E-state index contributed by atoms with van der Waals surface area (Å²) in [6.07, 6.45) is 5.26. The highest BCUT2D eigenvalue weighted by molar-refractivity contribution is 5.75. The summed E-state index contributed by atoms with van der Waals surface area (Å²) >= 11 is 0. The Morgan fingerprint density at radius 2 is 1.30 bits per heavy atom. The van der Waals surface area contributed by atoms with Gasteiger partial charge in [-0.3, -0.25) is 0 Å². The summed E-state index contributed by atoms with van der Waals surface area (Å²) in [4.78, 5) is 0. The van der Waals surface area contributed by atoms with Crippen LogP contribution in [0.1, 0.15) is 39.5 Å². The molecule has 0 radical (unpaired) electrons. The van der Waals surface area contributed by atoms with Crippen molar-refractivity contribution in [1.29, 1.82) is 0 Å². The highest BCUT2D eigenvalue weighted by Gasteiger charge is 1.83. The summed E-state index contributed by atoms with van der Waals surface area (Å²) in [5.41, 5.74) is 0. The molecule has 0 spiro atoms. The van der Waals surface area contributed by atoms with Crippen LogP contribution in [0, 0.1) is 0 Å². The Kier molecular flexibility index (Phi) is 14.9. The fourth-order valence-electron chi connectivity index (χ4n) is 0.729. The SMILES string of the molecule is B.CCCCNCCCC. The minimum Gasteiger partial charge on any atom is -0.317 e. The van der Waals surface area contributed by atoms with E-state index in [1.807, 2.05) is 0 Å². The van der Waals surface area contributed by atoms with Gasteiger partial charge < -0.3 is 5.32 Å². The van der Waals surface area contributed by atoms with Crippen LogP contribution in [-0.2, 0) is 0 Å². The van der Waals surface area contributed by atoms with E-state index in [1.165, 1.54) is 38.8 Å². The molecule has 0 atom stereocenters. The molecule has 0 unspecified atom stereocenters. The molecule has 0 aromatic rings. The quantitative estimate of drug-likeness (QED) is 0.432. The average molecular weight is 143 g/mol. The molecule has 0 heterocycles. The van der Waals surface area contributed by atoms with Gasteiger partial charge in [-0.05, 0) is 25.9 Å². The summed E-state index contributed by atoms with van der Waals surface area (Å²) in [5, 5.41) is 3.39. The number of hydrogen-bond donors (Lipinski definition) is 1. The minimum atomic E-state index is 0. The van der Waals surface area contributed by atoms with Crippen LogP contribution in [0.2, 0.25) is 0 Å². The molecule has 0 aromatic heterocycles. The van der Waals surface area contributed by atoms with Crippen molar-refractivity contribution in [2.45, 2.75) is 39.5 Å². The molecule has 0 aliphatic carbocycles. The zero-order chi connectivity index (χ0) is 6.95. The Balaban J connectivity index is 0. The van der Waals surface area contributed by atoms with E-state index in [2.05, 4.69) is 19.2 Å². The first-order chi connectivity index (χ1) is 4.41. The van der Waals surface area contributed by atoms with Crippen molar-refractivity contribution >= 4 is 8.41 Å². The van der Waals surface area contributed by atoms with Gasteiger partial charge in [0, 0.05) is 0 Å². The first-order valence-electron chi connectivity index (χ1n) is 4.12. The lowest BCUT2D eigenvalue weighted by molar-refractivity contribution is 0.611. The maximum atomic E-state index is 3.39. The Morgan fingerprint density at radius 1 is 0.900 bits per heavy atom. The third kappa shape index (κ3) is 10.9. The fraction of sp³-hybridized carbons (Fsp3) is 1.00. The summed E-state index contributed by atoms with van der Waals surface area (Å²) in [5.74, 6) is 0. The fourth-order valence-corrected chi connectivity index (χ4v) is 0.729. The van der Waals surface area contributed by atoms with Crippen LogP contribution in [0.25, 0.3) is 0 Å². The molecule has 1 nitrogen and oxygen atoms in total. The summed E-state index contributed by atoms with van der Waals surface area (Å²) in [7, 11) is 0. The second-order valence-corrected chi connectivity index (χ2v) is 2.46. The van der Waals surface area contributed by atoms with E-state index in [-0.39, 0.29) is 8.41 Å². The highest BCUT2D eigenvalue weighted by atomic mass is 14.8. The molecule has 10 heavy (non-hydrogen) atoms.